The van der Waals surface area contributed by atoms with E-state index < -0.39 is 9.84 Å². The first kappa shape index (κ1) is 16.6. The fourth-order valence-corrected chi connectivity index (χ4v) is 4.96. The minimum atomic E-state index is -2.80. The van der Waals surface area contributed by atoms with Gasteiger partial charge in [-0.1, -0.05) is 6.92 Å². The van der Waals surface area contributed by atoms with Crippen LogP contribution in [0, 0.1) is 11.8 Å². The Morgan fingerprint density at radius 1 is 1.38 bits per heavy atom. The van der Waals surface area contributed by atoms with Crippen LogP contribution in [0.15, 0.2) is 4.99 Å². The van der Waals surface area contributed by atoms with Crippen LogP contribution in [0.1, 0.15) is 40.0 Å². The largest absolute Gasteiger partial charge is 0.354 e. The maximum absolute atomic E-state index is 11.5. The third-order valence-corrected chi connectivity index (χ3v) is 6.04. The summed E-state index contributed by atoms with van der Waals surface area (Å²) in [5, 5.41) is 3.44. The highest BCUT2D eigenvalue weighted by molar-refractivity contribution is 7.91. The van der Waals surface area contributed by atoms with Crippen LogP contribution in [-0.4, -0.2) is 56.5 Å². The van der Waals surface area contributed by atoms with Crippen molar-refractivity contribution in [2.24, 2.45) is 16.8 Å². The van der Waals surface area contributed by atoms with Crippen molar-refractivity contribution >= 4 is 15.8 Å². The molecule has 0 aromatic heterocycles. The Morgan fingerprint density at radius 2 is 2.14 bits per heavy atom. The third-order valence-electron chi connectivity index (χ3n) is 4.20. The molecule has 5 nitrogen and oxygen atoms in total. The average Bonchev–Trinajstić information content (AvgIpc) is 2.74. The monoisotopic (exact) mass is 315 g/mol. The number of piperidine rings is 1. The lowest BCUT2D eigenvalue weighted by atomic mass is 10.0. The summed E-state index contributed by atoms with van der Waals surface area (Å²) in [6.07, 6.45) is 3.25. The van der Waals surface area contributed by atoms with Crippen molar-refractivity contribution in [3.63, 3.8) is 0 Å². The molecule has 2 saturated heterocycles. The Labute approximate surface area is 129 Å². The molecule has 0 bridgehead atoms. The van der Waals surface area contributed by atoms with Gasteiger partial charge in [-0.25, -0.2) is 8.42 Å². The highest BCUT2D eigenvalue weighted by Crippen LogP contribution is 2.19. The zero-order valence-electron chi connectivity index (χ0n) is 13.5. The van der Waals surface area contributed by atoms with Gasteiger partial charge in [0.1, 0.15) is 0 Å². The van der Waals surface area contributed by atoms with Gasteiger partial charge in [-0.15, -0.1) is 0 Å². The van der Waals surface area contributed by atoms with Crippen molar-refractivity contribution in [2.45, 2.75) is 46.1 Å². The Hall–Kier alpha value is -0.780. The summed E-state index contributed by atoms with van der Waals surface area (Å²) in [5.41, 5.74) is 0. The lowest BCUT2D eigenvalue weighted by Crippen LogP contribution is -2.48. The fraction of sp³-hybridized carbons (Fsp3) is 0.933. The zero-order valence-corrected chi connectivity index (χ0v) is 14.3. The Kier molecular flexibility index (Phi) is 5.52. The zero-order chi connectivity index (χ0) is 15.5. The number of guanidine groups is 1. The predicted octanol–water partition coefficient (Wildman–Crippen LogP) is 1.51. The van der Waals surface area contributed by atoms with E-state index in [1.54, 1.807) is 0 Å². The quantitative estimate of drug-likeness (QED) is 0.633. The van der Waals surface area contributed by atoms with Crippen molar-refractivity contribution in [1.29, 1.82) is 0 Å². The Balaban J connectivity index is 1.99. The molecule has 0 aromatic carbocycles. The Morgan fingerprint density at radius 3 is 2.71 bits per heavy atom. The van der Waals surface area contributed by atoms with Gasteiger partial charge in [-0.3, -0.25) is 4.99 Å². The van der Waals surface area contributed by atoms with Gasteiger partial charge in [0, 0.05) is 25.7 Å². The minimum absolute atomic E-state index is 0.196. The molecule has 2 fully saturated rings. The second-order valence-corrected chi connectivity index (χ2v) is 9.15. The van der Waals surface area contributed by atoms with Crippen molar-refractivity contribution in [2.75, 3.05) is 31.1 Å². The molecule has 21 heavy (non-hydrogen) atoms. The highest BCUT2D eigenvalue weighted by Gasteiger charge is 2.28. The number of sulfone groups is 1. The molecule has 0 aromatic rings. The van der Waals surface area contributed by atoms with Crippen molar-refractivity contribution in [1.82, 2.24) is 10.2 Å². The molecule has 122 valence electrons. The lowest BCUT2D eigenvalue weighted by molar-refractivity contribution is 0.264. The lowest BCUT2D eigenvalue weighted by Gasteiger charge is -2.34. The number of likely N-dealkylation sites (tertiary alicyclic amines) is 1. The maximum Gasteiger partial charge on any atom is 0.194 e. The normalized spacial score (nSPS) is 29.9. The van der Waals surface area contributed by atoms with Crippen molar-refractivity contribution in [3.8, 4) is 0 Å². The van der Waals surface area contributed by atoms with Crippen LogP contribution >= 0.6 is 0 Å². The van der Waals surface area contributed by atoms with Gasteiger partial charge in [0.05, 0.1) is 11.5 Å². The van der Waals surface area contributed by atoms with Gasteiger partial charge in [0.25, 0.3) is 0 Å². The van der Waals surface area contributed by atoms with Gasteiger partial charge in [-0.05, 0) is 44.9 Å². The number of nitrogens with zero attached hydrogens (tertiary/aromatic N) is 2. The molecule has 0 amide bonds. The van der Waals surface area contributed by atoms with Crippen LogP contribution in [0.3, 0.4) is 0 Å². The van der Waals surface area contributed by atoms with Gasteiger partial charge in [-0.2, -0.15) is 0 Å². The van der Waals surface area contributed by atoms with Crippen LogP contribution in [0.25, 0.3) is 0 Å². The minimum Gasteiger partial charge on any atom is -0.354 e. The van der Waals surface area contributed by atoms with Gasteiger partial charge < -0.3 is 10.2 Å². The SMILES string of the molecule is CC1CCCN(C(=NCC2CCS(=O)(=O)C2)NC(C)C)C1. The van der Waals surface area contributed by atoms with E-state index in [4.69, 9.17) is 4.99 Å². The first-order valence-electron chi connectivity index (χ1n) is 8.12. The van der Waals surface area contributed by atoms with E-state index in [2.05, 4.69) is 31.0 Å². The van der Waals surface area contributed by atoms with Crippen LogP contribution in [-0.2, 0) is 9.84 Å². The molecule has 2 heterocycles. The molecule has 0 aliphatic carbocycles. The van der Waals surface area contributed by atoms with E-state index in [0.29, 0.717) is 30.0 Å². The van der Waals surface area contributed by atoms with Crippen molar-refractivity contribution in [3.05, 3.63) is 0 Å². The smallest absolute Gasteiger partial charge is 0.194 e. The number of nitrogens with one attached hydrogen (secondary N) is 1. The summed E-state index contributed by atoms with van der Waals surface area (Å²) in [7, 11) is -2.80. The second kappa shape index (κ2) is 6.99. The molecule has 1 N–H and O–H groups in total. The third kappa shape index (κ3) is 5.16. The molecule has 6 heteroatoms. The summed E-state index contributed by atoms with van der Waals surface area (Å²) in [6, 6.07) is 0.341. The number of aliphatic imine (C=N–C) groups is 1. The van der Waals surface area contributed by atoms with Crippen LogP contribution < -0.4 is 5.32 Å². The van der Waals surface area contributed by atoms with E-state index >= 15 is 0 Å². The predicted molar refractivity (Wildman–Crippen MR) is 87.3 cm³/mol. The summed E-state index contributed by atoms with van der Waals surface area (Å²) in [6.45, 7) is 9.22. The standard InChI is InChI=1S/C15H29N3O2S/c1-12(2)17-15(18-7-4-5-13(3)10-18)16-9-14-6-8-21(19,20)11-14/h12-14H,4-11H2,1-3H3,(H,16,17). The maximum atomic E-state index is 11.5. The van der Waals surface area contributed by atoms with E-state index in [1.807, 2.05) is 0 Å². The highest BCUT2D eigenvalue weighted by atomic mass is 32.2. The summed E-state index contributed by atoms with van der Waals surface area (Å²) in [5.74, 6) is 2.50. The van der Waals surface area contributed by atoms with Crippen LogP contribution in [0.5, 0.6) is 0 Å². The number of hydrogen-bond donors (Lipinski definition) is 1. The van der Waals surface area contributed by atoms with E-state index in [9.17, 15) is 8.42 Å². The summed E-state index contributed by atoms with van der Waals surface area (Å²) < 4.78 is 23.1. The molecule has 2 unspecified atom stereocenters. The molecule has 2 rings (SSSR count). The molecule has 0 radical (unpaired) electrons. The molecule has 2 aliphatic heterocycles. The van der Waals surface area contributed by atoms with E-state index in [-0.39, 0.29) is 5.92 Å². The summed E-state index contributed by atoms with van der Waals surface area (Å²) in [4.78, 5) is 7.07. The van der Waals surface area contributed by atoms with E-state index in [0.717, 1.165) is 25.5 Å². The summed E-state index contributed by atoms with van der Waals surface area (Å²) >= 11 is 0. The van der Waals surface area contributed by atoms with Crippen LogP contribution in [0.4, 0.5) is 0 Å². The topological polar surface area (TPSA) is 61.8 Å². The second-order valence-electron chi connectivity index (χ2n) is 6.93. The number of hydrogen-bond acceptors (Lipinski definition) is 3. The average molecular weight is 315 g/mol. The van der Waals surface area contributed by atoms with Gasteiger partial charge in [0.2, 0.25) is 0 Å². The first-order chi connectivity index (χ1) is 9.85. The van der Waals surface area contributed by atoms with Gasteiger partial charge >= 0.3 is 0 Å². The molecular formula is C15H29N3O2S. The molecule has 0 saturated carbocycles. The number of rotatable bonds is 3. The van der Waals surface area contributed by atoms with Crippen LogP contribution in [0.2, 0.25) is 0 Å². The first-order valence-corrected chi connectivity index (χ1v) is 9.94. The van der Waals surface area contributed by atoms with Gasteiger partial charge in [0.15, 0.2) is 15.8 Å². The molecule has 2 aliphatic rings. The van der Waals surface area contributed by atoms with Crippen molar-refractivity contribution < 1.29 is 8.42 Å². The van der Waals surface area contributed by atoms with E-state index in [1.165, 1.54) is 12.8 Å². The molecule has 2 atom stereocenters. The fourth-order valence-electron chi connectivity index (χ4n) is 3.11. The molecular weight excluding hydrogens is 286 g/mol. The molecule has 0 spiro atoms. The Bertz CT molecular complexity index is 473.